The Bertz CT molecular complexity index is 303. The van der Waals surface area contributed by atoms with Crippen molar-refractivity contribution >= 4 is 0 Å². The molecule has 2 heteroatoms. The lowest BCUT2D eigenvalue weighted by atomic mass is 9.95. The molecule has 0 radical (unpaired) electrons. The van der Waals surface area contributed by atoms with Crippen LogP contribution < -0.4 is 11.5 Å². The summed E-state index contributed by atoms with van der Waals surface area (Å²) in [6, 6.07) is 8.85. The Kier molecular flexibility index (Phi) is 4.97. The van der Waals surface area contributed by atoms with Crippen LogP contribution >= 0.6 is 0 Å². The summed E-state index contributed by atoms with van der Waals surface area (Å²) in [6.45, 7) is 6.45. The van der Waals surface area contributed by atoms with E-state index in [0.29, 0.717) is 5.92 Å². The van der Waals surface area contributed by atoms with Gasteiger partial charge in [-0.25, -0.2) is 0 Å². The maximum absolute atomic E-state index is 6.07. The minimum Gasteiger partial charge on any atom is -0.328 e. The third kappa shape index (κ3) is 3.62. The van der Waals surface area contributed by atoms with Crippen LogP contribution in [0.25, 0.3) is 0 Å². The van der Waals surface area contributed by atoms with Crippen LogP contribution in [-0.4, -0.2) is 6.04 Å². The van der Waals surface area contributed by atoms with Crippen molar-refractivity contribution in [3.63, 3.8) is 0 Å². The molecular formula is C14H24N2. The fourth-order valence-electron chi connectivity index (χ4n) is 1.84. The Hall–Kier alpha value is -0.860. The van der Waals surface area contributed by atoms with E-state index in [9.17, 15) is 0 Å². The minimum atomic E-state index is 0.0611. The fraction of sp³-hybridized carbons (Fsp3) is 0.571. The van der Waals surface area contributed by atoms with Crippen LogP contribution in [0.2, 0.25) is 0 Å². The Morgan fingerprint density at radius 1 is 1.00 bits per heavy atom. The van der Waals surface area contributed by atoms with E-state index >= 15 is 0 Å². The lowest BCUT2D eigenvalue weighted by Gasteiger charge is -2.16. The molecule has 0 heterocycles. The maximum Gasteiger partial charge on any atom is 0.0309 e. The zero-order valence-corrected chi connectivity index (χ0v) is 10.6. The van der Waals surface area contributed by atoms with Crippen molar-refractivity contribution in [1.82, 2.24) is 0 Å². The molecule has 0 aromatic heterocycles. The van der Waals surface area contributed by atoms with Crippen LogP contribution in [-0.2, 0) is 0 Å². The number of rotatable bonds is 5. The fourth-order valence-corrected chi connectivity index (χ4v) is 1.84. The molecule has 2 nitrogen and oxygen atoms in total. The van der Waals surface area contributed by atoms with Crippen LogP contribution in [0.1, 0.15) is 56.7 Å². The van der Waals surface area contributed by atoms with Gasteiger partial charge in [0, 0.05) is 12.1 Å². The summed E-state index contributed by atoms with van der Waals surface area (Å²) >= 11 is 0. The molecule has 0 aliphatic carbocycles. The maximum atomic E-state index is 6.07. The molecule has 1 aromatic carbocycles. The van der Waals surface area contributed by atoms with Gasteiger partial charge in [0.25, 0.3) is 0 Å². The summed E-state index contributed by atoms with van der Waals surface area (Å²) < 4.78 is 0. The molecule has 0 fully saturated rings. The summed E-state index contributed by atoms with van der Waals surface area (Å²) in [5, 5.41) is 0. The van der Waals surface area contributed by atoms with Crippen LogP contribution in [0, 0.1) is 0 Å². The van der Waals surface area contributed by atoms with Crippen LogP contribution in [0.3, 0.4) is 0 Å². The molecule has 0 aliphatic rings. The average molecular weight is 220 g/mol. The molecule has 0 bridgehead atoms. The molecule has 3 atom stereocenters. The quantitative estimate of drug-likeness (QED) is 0.801. The monoisotopic (exact) mass is 220 g/mol. The smallest absolute Gasteiger partial charge is 0.0309 e. The van der Waals surface area contributed by atoms with E-state index < -0.39 is 0 Å². The molecule has 1 rings (SSSR count). The van der Waals surface area contributed by atoms with Crippen molar-refractivity contribution < 1.29 is 0 Å². The zero-order valence-electron chi connectivity index (χ0n) is 10.6. The molecule has 16 heavy (non-hydrogen) atoms. The van der Waals surface area contributed by atoms with Crippen molar-refractivity contribution in [3.8, 4) is 0 Å². The number of nitrogens with two attached hydrogens (primary N) is 2. The lowest BCUT2D eigenvalue weighted by molar-refractivity contribution is 0.568. The van der Waals surface area contributed by atoms with Gasteiger partial charge in [-0.2, -0.15) is 0 Å². The van der Waals surface area contributed by atoms with Crippen molar-refractivity contribution in [2.75, 3.05) is 0 Å². The first-order valence-electron chi connectivity index (χ1n) is 6.15. The summed E-state index contributed by atoms with van der Waals surface area (Å²) in [4.78, 5) is 0. The van der Waals surface area contributed by atoms with E-state index in [-0.39, 0.29) is 12.1 Å². The highest BCUT2D eigenvalue weighted by Crippen LogP contribution is 2.21. The van der Waals surface area contributed by atoms with Gasteiger partial charge in [-0.1, -0.05) is 38.1 Å². The van der Waals surface area contributed by atoms with Crippen molar-refractivity contribution in [1.29, 1.82) is 0 Å². The van der Waals surface area contributed by atoms with E-state index in [4.69, 9.17) is 11.5 Å². The van der Waals surface area contributed by atoms with E-state index in [2.05, 4.69) is 38.1 Å². The second-order valence-corrected chi connectivity index (χ2v) is 4.80. The SMILES string of the molecule is CCC(C)c1ccc(C(N)CC(C)N)cc1. The van der Waals surface area contributed by atoms with Crippen molar-refractivity contribution in [3.05, 3.63) is 35.4 Å². The van der Waals surface area contributed by atoms with Gasteiger partial charge in [-0.05, 0) is 36.8 Å². The van der Waals surface area contributed by atoms with Gasteiger partial charge in [-0.3, -0.25) is 0 Å². The Labute approximate surface area is 99.0 Å². The first kappa shape index (κ1) is 13.2. The standard InChI is InChI=1S/C14H24N2/c1-4-10(2)12-5-7-13(8-6-12)14(16)9-11(3)15/h5-8,10-11,14H,4,9,15-16H2,1-3H3. The third-order valence-corrected chi connectivity index (χ3v) is 3.17. The summed E-state index contributed by atoms with van der Waals surface area (Å²) in [6.07, 6.45) is 2.01. The van der Waals surface area contributed by atoms with E-state index in [0.717, 1.165) is 6.42 Å². The molecule has 90 valence electrons. The lowest BCUT2D eigenvalue weighted by Crippen LogP contribution is -2.23. The normalized spacial score (nSPS) is 16.8. The molecule has 0 saturated heterocycles. The van der Waals surface area contributed by atoms with Gasteiger partial charge in [0.05, 0.1) is 0 Å². The Morgan fingerprint density at radius 3 is 1.94 bits per heavy atom. The van der Waals surface area contributed by atoms with Gasteiger partial charge in [0.15, 0.2) is 0 Å². The molecule has 1 aromatic rings. The first-order chi connectivity index (χ1) is 7.54. The van der Waals surface area contributed by atoms with E-state index in [1.54, 1.807) is 0 Å². The van der Waals surface area contributed by atoms with Crippen LogP contribution in [0.4, 0.5) is 0 Å². The van der Waals surface area contributed by atoms with Gasteiger partial charge in [0.1, 0.15) is 0 Å². The van der Waals surface area contributed by atoms with Gasteiger partial charge in [0.2, 0.25) is 0 Å². The molecule has 0 spiro atoms. The number of benzene rings is 1. The second-order valence-electron chi connectivity index (χ2n) is 4.80. The van der Waals surface area contributed by atoms with E-state index in [1.165, 1.54) is 17.5 Å². The molecular weight excluding hydrogens is 196 g/mol. The Balaban J connectivity index is 2.70. The third-order valence-electron chi connectivity index (χ3n) is 3.17. The Morgan fingerprint density at radius 2 is 1.50 bits per heavy atom. The average Bonchev–Trinajstić information content (AvgIpc) is 2.27. The summed E-state index contributed by atoms with van der Waals surface area (Å²) in [7, 11) is 0. The molecule has 0 aliphatic heterocycles. The second kappa shape index (κ2) is 6.02. The zero-order chi connectivity index (χ0) is 12.1. The molecule has 0 amide bonds. The van der Waals surface area contributed by atoms with Gasteiger partial charge in [-0.15, -0.1) is 0 Å². The minimum absolute atomic E-state index is 0.0611. The predicted molar refractivity (Wildman–Crippen MR) is 70.3 cm³/mol. The van der Waals surface area contributed by atoms with E-state index in [1.807, 2.05) is 6.92 Å². The largest absolute Gasteiger partial charge is 0.328 e. The highest BCUT2D eigenvalue weighted by molar-refractivity contribution is 5.27. The number of hydrogen-bond donors (Lipinski definition) is 2. The van der Waals surface area contributed by atoms with Gasteiger partial charge < -0.3 is 11.5 Å². The predicted octanol–water partition coefficient (Wildman–Crippen LogP) is 2.94. The highest BCUT2D eigenvalue weighted by atomic mass is 14.7. The van der Waals surface area contributed by atoms with Crippen LogP contribution in [0.5, 0.6) is 0 Å². The first-order valence-corrected chi connectivity index (χ1v) is 6.15. The highest BCUT2D eigenvalue weighted by Gasteiger charge is 2.09. The molecule has 4 N–H and O–H groups in total. The van der Waals surface area contributed by atoms with Crippen molar-refractivity contribution in [2.45, 2.75) is 51.6 Å². The number of hydrogen-bond acceptors (Lipinski definition) is 2. The summed E-state index contributed by atoms with van der Waals surface area (Å²) in [5.41, 5.74) is 14.4. The molecule has 0 saturated carbocycles. The van der Waals surface area contributed by atoms with Gasteiger partial charge >= 0.3 is 0 Å². The van der Waals surface area contributed by atoms with Crippen LogP contribution in [0.15, 0.2) is 24.3 Å². The molecule has 3 unspecified atom stereocenters. The van der Waals surface area contributed by atoms with Crippen molar-refractivity contribution in [2.24, 2.45) is 11.5 Å². The topological polar surface area (TPSA) is 52.0 Å². The summed E-state index contributed by atoms with van der Waals surface area (Å²) in [5.74, 6) is 0.624.